The Morgan fingerprint density at radius 3 is 1.00 bits per heavy atom. The van der Waals surface area contributed by atoms with Crippen molar-refractivity contribution in [3.05, 3.63) is 0 Å². The van der Waals surface area contributed by atoms with Crippen LogP contribution in [0.25, 0.3) is 0 Å². The molecule has 0 saturated heterocycles. The normalized spacial score (nSPS) is 12.0. The average Bonchev–Trinajstić information content (AvgIpc) is 2.16. The quantitative estimate of drug-likeness (QED) is 0.731. The zero-order valence-corrected chi connectivity index (χ0v) is 11.7. The van der Waals surface area contributed by atoms with Crippen molar-refractivity contribution in [3.8, 4) is 0 Å². The standard InChI is InChI=1S/C7H16O.C3H5Cl3/c1-4-7(8,5-2)6-3;1-2-3(4,5)6/h8H,4-6H2,1-3H3;2H2,1H3. The van der Waals surface area contributed by atoms with Crippen LogP contribution in [-0.4, -0.2) is 14.5 Å². The first-order chi connectivity index (χ1) is 6.24. The molecule has 0 saturated carbocycles. The molecule has 4 heteroatoms. The summed E-state index contributed by atoms with van der Waals surface area (Å²) in [6, 6.07) is 0. The van der Waals surface area contributed by atoms with Gasteiger partial charge >= 0.3 is 0 Å². The monoisotopic (exact) mass is 262 g/mol. The van der Waals surface area contributed by atoms with Gasteiger partial charge in [-0.1, -0.05) is 62.5 Å². The Morgan fingerprint density at radius 2 is 1.00 bits per heavy atom. The van der Waals surface area contributed by atoms with E-state index in [-0.39, 0.29) is 5.60 Å². The average molecular weight is 264 g/mol. The minimum absolute atomic E-state index is 0.375. The molecule has 88 valence electrons. The molecule has 0 heterocycles. The maximum Gasteiger partial charge on any atom is 0.190 e. The van der Waals surface area contributed by atoms with Gasteiger partial charge in [0.05, 0.1) is 5.60 Å². The highest BCUT2D eigenvalue weighted by Crippen LogP contribution is 2.28. The maximum absolute atomic E-state index is 9.44. The van der Waals surface area contributed by atoms with Crippen molar-refractivity contribution in [1.29, 1.82) is 0 Å². The summed E-state index contributed by atoms with van der Waals surface area (Å²) in [5, 5.41) is 9.44. The fourth-order valence-corrected chi connectivity index (χ4v) is 0.750. The van der Waals surface area contributed by atoms with E-state index in [1.165, 1.54) is 0 Å². The summed E-state index contributed by atoms with van der Waals surface area (Å²) in [6.45, 7) is 7.88. The Bertz CT molecular complexity index is 120. The Kier molecular flexibility index (Phi) is 9.89. The highest BCUT2D eigenvalue weighted by molar-refractivity contribution is 6.67. The van der Waals surface area contributed by atoms with E-state index in [0.717, 1.165) is 19.3 Å². The van der Waals surface area contributed by atoms with Gasteiger partial charge in [-0.2, -0.15) is 0 Å². The SMILES string of the molecule is CCC(Cl)(Cl)Cl.CCC(O)(CC)CC. The van der Waals surface area contributed by atoms with Gasteiger partial charge in [0.25, 0.3) is 0 Å². The second-order valence-electron chi connectivity index (χ2n) is 3.25. The van der Waals surface area contributed by atoms with Crippen molar-refractivity contribution in [1.82, 2.24) is 0 Å². The molecule has 0 aliphatic carbocycles. The van der Waals surface area contributed by atoms with Crippen molar-refractivity contribution in [2.45, 2.75) is 62.8 Å². The first-order valence-corrected chi connectivity index (χ1v) is 6.17. The zero-order valence-electron chi connectivity index (χ0n) is 9.41. The summed E-state index contributed by atoms with van der Waals surface area (Å²) in [5.74, 6) is 0. The summed E-state index contributed by atoms with van der Waals surface area (Å²) in [4.78, 5) is 0. The van der Waals surface area contributed by atoms with Gasteiger partial charge in [-0.25, -0.2) is 0 Å². The van der Waals surface area contributed by atoms with Crippen molar-refractivity contribution < 1.29 is 5.11 Å². The number of hydrogen-bond donors (Lipinski definition) is 1. The van der Waals surface area contributed by atoms with Crippen molar-refractivity contribution >= 4 is 34.8 Å². The summed E-state index contributed by atoms with van der Waals surface area (Å²) < 4.78 is -1.04. The van der Waals surface area contributed by atoms with E-state index >= 15 is 0 Å². The molecule has 0 atom stereocenters. The smallest absolute Gasteiger partial charge is 0.190 e. The van der Waals surface area contributed by atoms with Gasteiger partial charge in [0.1, 0.15) is 0 Å². The molecule has 0 radical (unpaired) electrons. The second-order valence-corrected chi connectivity index (χ2v) is 5.77. The van der Waals surface area contributed by atoms with E-state index in [2.05, 4.69) is 0 Å². The van der Waals surface area contributed by atoms with Crippen molar-refractivity contribution in [2.24, 2.45) is 0 Å². The van der Waals surface area contributed by atoms with Crippen LogP contribution in [0.4, 0.5) is 0 Å². The Balaban J connectivity index is 0. The zero-order chi connectivity index (χ0) is 11.8. The van der Waals surface area contributed by atoms with Gasteiger partial charge in [-0.15, -0.1) is 0 Å². The van der Waals surface area contributed by atoms with Crippen LogP contribution in [-0.2, 0) is 0 Å². The summed E-state index contributed by atoms with van der Waals surface area (Å²) in [5.41, 5.74) is -0.375. The molecule has 0 aromatic rings. The first kappa shape index (κ1) is 17.2. The summed E-state index contributed by atoms with van der Waals surface area (Å²) in [7, 11) is 0. The first-order valence-electron chi connectivity index (χ1n) is 5.03. The lowest BCUT2D eigenvalue weighted by Crippen LogP contribution is -2.24. The number of rotatable bonds is 3. The highest BCUT2D eigenvalue weighted by atomic mass is 35.6. The number of alkyl halides is 3. The van der Waals surface area contributed by atoms with Gasteiger partial charge in [0, 0.05) is 0 Å². The molecule has 0 aromatic heterocycles. The maximum atomic E-state index is 9.44. The minimum atomic E-state index is -1.04. The molecule has 0 bridgehead atoms. The lowest BCUT2D eigenvalue weighted by Gasteiger charge is -2.22. The van der Waals surface area contributed by atoms with Crippen LogP contribution in [0, 0.1) is 0 Å². The largest absolute Gasteiger partial charge is 0.390 e. The van der Waals surface area contributed by atoms with Gasteiger partial charge in [0.2, 0.25) is 0 Å². The molecular weight excluding hydrogens is 242 g/mol. The second kappa shape index (κ2) is 8.04. The summed E-state index contributed by atoms with van der Waals surface area (Å²) >= 11 is 15.7. The predicted molar refractivity (Wildman–Crippen MR) is 66.4 cm³/mol. The third-order valence-electron chi connectivity index (χ3n) is 2.38. The highest BCUT2D eigenvalue weighted by Gasteiger charge is 2.17. The van der Waals surface area contributed by atoms with Crippen LogP contribution in [0.1, 0.15) is 53.4 Å². The molecule has 0 fully saturated rings. The van der Waals surface area contributed by atoms with E-state index < -0.39 is 3.79 Å². The van der Waals surface area contributed by atoms with Crippen molar-refractivity contribution in [3.63, 3.8) is 0 Å². The van der Waals surface area contributed by atoms with E-state index in [0.29, 0.717) is 6.42 Å². The van der Waals surface area contributed by atoms with E-state index in [4.69, 9.17) is 34.8 Å². The Hall–Kier alpha value is 0.830. The van der Waals surface area contributed by atoms with Gasteiger partial charge in [0.15, 0.2) is 3.79 Å². The van der Waals surface area contributed by atoms with E-state index in [9.17, 15) is 5.11 Å². The van der Waals surface area contributed by atoms with Gasteiger partial charge in [-0.05, 0) is 25.7 Å². The van der Waals surface area contributed by atoms with Crippen LogP contribution in [0.2, 0.25) is 0 Å². The van der Waals surface area contributed by atoms with E-state index in [1.54, 1.807) is 0 Å². The van der Waals surface area contributed by atoms with Crippen LogP contribution in [0.3, 0.4) is 0 Å². The fourth-order valence-electron chi connectivity index (χ4n) is 0.750. The number of halogens is 3. The Morgan fingerprint density at radius 1 is 0.786 bits per heavy atom. The van der Waals surface area contributed by atoms with Crippen LogP contribution < -0.4 is 0 Å². The lowest BCUT2D eigenvalue weighted by molar-refractivity contribution is 0.0285. The molecule has 0 aliphatic rings. The molecule has 0 spiro atoms. The molecule has 0 unspecified atom stereocenters. The molecule has 0 rings (SSSR count). The van der Waals surface area contributed by atoms with Crippen molar-refractivity contribution in [2.75, 3.05) is 0 Å². The molecular formula is C10H21Cl3O. The third kappa shape index (κ3) is 10.9. The van der Waals surface area contributed by atoms with Gasteiger partial charge in [-0.3, -0.25) is 0 Å². The molecule has 0 aromatic carbocycles. The van der Waals surface area contributed by atoms with Crippen LogP contribution in [0.5, 0.6) is 0 Å². The lowest BCUT2D eigenvalue weighted by atomic mass is 9.95. The van der Waals surface area contributed by atoms with E-state index in [1.807, 2.05) is 27.7 Å². The molecule has 1 N–H and O–H groups in total. The Labute approximate surface area is 103 Å². The summed E-state index contributed by atoms with van der Waals surface area (Å²) in [6.07, 6.45) is 3.19. The minimum Gasteiger partial charge on any atom is -0.390 e. The molecule has 0 amide bonds. The van der Waals surface area contributed by atoms with Crippen LogP contribution in [0.15, 0.2) is 0 Å². The molecule has 0 aliphatic heterocycles. The number of aliphatic hydroxyl groups is 1. The fraction of sp³-hybridized carbons (Fsp3) is 1.00. The molecule has 1 nitrogen and oxygen atoms in total. The number of hydrogen-bond acceptors (Lipinski definition) is 1. The van der Waals surface area contributed by atoms with Crippen LogP contribution >= 0.6 is 34.8 Å². The predicted octanol–water partition coefficient (Wildman–Crippen LogP) is 4.71. The third-order valence-corrected chi connectivity index (χ3v) is 3.18. The van der Waals surface area contributed by atoms with Gasteiger partial charge < -0.3 is 5.11 Å². The molecule has 14 heavy (non-hydrogen) atoms. The topological polar surface area (TPSA) is 20.2 Å².